The Kier molecular flexibility index (Phi) is 9.69. The Morgan fingerprint density at radius 3 is 1.88 bits per heavy atom. The van der Waals surface area contributed by atoms with E-state index in [1.807, 2.05) is 34.6 Å². The van der Waals surface area contributed by atoms with Gasteiger partial charge in [0.1, 0.15) is 10.1 Å². The third kappa shape index (κ3) is 6.31. The first kappa shape index (κ1) is 26.3. The number of H-pyrrole nitrogens is 2. The van der Waals surface area contributed by atoms with Crippen LogP contribution in [-0.2, 0) is 22.4 Å². The number of rotatable bonds is 14. The van der Waals surface area contributed by atoms with Gasteiger partial charge in [-0.2, -0.15) is 0 Å². The molecule has 1 unspecified atom stereocenters. The molecule has 0 fully saturated rings. The number of carbonyl (C=O) groups is 2. The second kappa shape index (κ2) is 11.8. The summed E-state index contributed by atoms with van der Waals surface area (Å²) >= 11 is 0. The van der Waals surface area contributed by atoms with Gasteiger partial charge in [0.2, 0.25) is 0 Å². The molecule has 178 valence electrons. The van der Waals surface area contributed by atoms with Crippen molar-refractivity contribution in [2.75, 3.05) is 0 Å². The van der Waals surface area contributed by atoms with E-state index in [0.717, 1.165) is 40.7 Å². The quantitative estimate of drug-likeness (QED) is 0.267. The van der Waals surface area contributed by atoms with Gasteiger partial charge in [0.25, 0.3) is 0 Å². The fourth-order valence-electron chi connectivity index (χ4n) is 3.75. The van der Waals surface area contributed by atoms with E-state index in [4.69, 9.17) is 0 Å². The Morgan fingerprint density at radius 2 is 1.47 bits per heavy atom. The Labute approximate surface area is 197 Å². The molecule has 10 heteroatoms. The van der Waals surface area contributed by atoms with E-state index in [-0.39, 0.29) is 11.3 Å². The highest BCUT2D eigenvalue weighted by atomic mass is 33.1. The summed E-state index contributed by atoms with van der Waals surface area (Å²) in [5.74, 6) is -2.55. The van der Waals surface area contributed by atoms with Crippen LogP contribution in [0.25, 0.3) is 0 Å². The van der Waals surface area contributed by atoms with Gasteiger partial charge in [0, 0.05) is 12.8 Å². The zero-order valence-corrected chi connectivity index (χ0v) is 21.0. The molecule has 0 saturated heterocycles. The molecule has 0 aliphatic carbocycles. The van der Waals surface area contributed by atoms with E-state index in [1.54, 1.807) is 12.7 Å². The molecule has 0 saturated carbocycles. The van der Waals surface area contributed by atoms with Crippen LogP contribution in [0.15, 0.2) is 22.7 Å². The van der Waals surface area contributed by atoms with E-state index < -0.39 is 23.8 Å². The lowest BCUT2D eigenvalue weighted by atomic mass is 9.71. The van der Waals surface area contributed by atoms with Gasteiger partial charge in [0.05, 0.1) is 35.9 Å². The molecule has 2 aromatic rings. The highest BCUT2D eigenvalue weighted by molar-refractivity contribution is 8.76. The minimum absolute atomic E-state index is 0.0543. The first-order chi connectivity index (χ1) is 15.2. The van der Waals surface area contributed by atoms with Gasteiger partial charge in [-0.3, -0.25) is 9.59 Å². The third-order valence-corrected chi connectivity index (χ3v) is 9.09. The Bertz CT molecular complexity index is 894. The third-order valence-electron chi connectivity index (χ3n) is 6.79. The summed E-state index contributed by atoms with van der Waals surface area (Å²) in [5.41, 5.74) is 1.28. The highest BCUT2D eigenvalue weighted by Gasteiger charge is 2.37. The molecule has 0 aromatic carbocycles. The van der Waals surface area contributed by atoms with Crippen LogP contribution < -0.4 is 0 Å². The van der Waals surface area contributed by atoms with E-state index >= 15 is 0 Å². The monoisotopic (exact) mass is 482 g/mol. The van der Waals surface area contributed by atoms with Gasteiger partial charge in [-0.15, -0.1) is 0 Å². The summed E-state index contributed by atoms with van der Waals surface area (Å²) in [5, 5.41) is 20.9. The number of aromatic amines is 2. The van der Waals surface area contributed by atoms with Gasteiger partial charge in [-0.1, -0.05) is 41.0 Å². The summed E-state index contributed by atoms with van der Waals surface area (Å²) in [6.45, 7) is 10.0. The molecule has 2 rings (SSSR count). The maximum absolute atomic E-state index is 12.0. The van der Waals surface area contributed by atoms with Crippen molar-refractivity contribution < 1.29 is 19.8 Å². The molecule has 0 aliphatic rings. The van der Waals surface area contributed by atoms with Crippen LogP contribution in [0.5, 0.6) is 0 Å². The van der Waals surface area contributed by atoms with Crippen LogP contribution >= 0.6 is 21.6 Å². The van der Waals surface area contributed by atoms with Gasteiger partial charge in [-0.05, 0) is 45.8 Å². The summed E-state index contributed by atoms with van der Waals surface area (Å²) in [6, 6.07) is 0. The standard InChI is InChI=1S/C22H34N4O4S2/c1-6-13(4)14(20(27)28)9-16-18(25-11-23-16)31-32-19-17(24-12-26-19)10-15(21(29)30)22(5,7-2)8-3/h11-15H,6-10H2,1-5H3,(H,23,25)(H,24,26)(H,27,28)(H,29,30)/t13?,14-,15+/m1/s1. The predicted octanol–water partition coefficient (Wildman–Crippen LogP) is 5.29. The number of nitrogens with zero attached hydrogens (tertiary/aromatic N) is 2. The summed E-state index contributed by atoms with van der Waals surface area (Å²) in [7, 11) is 2.81. The average molecular weight is 483 g/mol. The molecule has 32 heavy (non-hydrogen) atoms. The Hall–Kier alpha value is -1.94. The highest BCUT2D eigenvalue weighted by Crippen LogP contribution is 2.42. The minimum atomic E-state index is -0.804. The van der Waals surface area contributed by atoms with Crippen molar-refractivity contribution in [3.8, 4) is 0 Å². The topological polar surface area (TPSA) is 132 Å². The first-order valence-electron chi connectivity index (χ1n) is 11.0. The van der Waals surface area contributed by atoms with Gasteiger partial charge in [-0.25, -0.2) is 9.97 Å². The van der Waals surface area contributed by atoms with Crippen molar-refractivity contribution in [1.29, 1.82) is 0 Å². The van der Waals surface area contributed by atoms with Gasteiger partial charge < -0.3 is 20.2 Å². The molecule has 0 radical (unpaired) electrons. The fraction of sp³-hybridized carbons (Fsp3) is 0.636. The van der Waals surface area contributed by atoms with Crippen LogP contribution in [0.4, 0.5) is 0 Å². The number of hydrogen-bond donors (Lipinski definition) is 4. The minimum Gasteiger partial charge on any atom is -0.481 e. The zero-order valence-electron chi connectivity index (χ0n) is 19.3. The maximum Gasteiger partial charge on any atom is 0.307 e. The predicted molar refractivity (Wildman–Crippen MR) is 127 cm³/mol. The lowest BCUT2D eigenvalue weighted by molar-refractivity contribution is -0.147. The molecular weight excluding hydrogens is 448 g/mol. The Balaban J connectivity index is 2.13. The molecule has 0 amide bonds. The van der Waals surface area contributed by atoms with E-state index in [0.29, 0.717) is 12.8 Å². The zero-order chi connectivity index (χ0) is 23.9. The molecular formula is C22H34N4O4S2. The fourth-order valence-corrected chi connectivity index (χ4v) is 5.92. The molecule has 2 aromatic heterocycles. The molecule has 0 spiro atoms. The largest absolute Gasteiger partial charge is 0.481 e. The van der Waals surface area contributed by atoms with E-state index in [1.165, 1.54) is 21.6 Å². The molecule has 0 aliphatic heterocycles. The lowest BCUT2D eigenvalue weighted by Gasteiger charge is -2.33. The molecule has 2 heterocycles. The lowest BCUT2D eigenvalue weighted by Crippen LogP contribution is -2.34. The number of carboxylic acids is 2. The number of carboxylic acid groups (broad SMARTS) is 2. The number of nitrogens with one attached hydrogen (secondary N) is 2. The van der Waals surface area contributed by atoms with Crippen LogP contribution in [0.1, 0.15) is 65.3 Å². The Morgan fingerprint density at radius 1 is 0.969 bits per heavy atom. The van der Waals surface area contributed by atoms with Crippen LogP contribution in [0.3, 0.4) is 0 Å². The summed E-state index contributed by atoms with van der Waals surface area (Å²) in [6.07, 6.45) is 6.27. The average Bonchev–Trinajstić information content (AvgIpc) is 3.41. The summed E-state index contributed by atoms with van der Waals surface area (Å²) in [4.78, 5) is 38.7. The molecule has 0 bridgehead atoms. The van der Waals surface area contributed by atoms with Crippen molar-refractivity contribution in [2.24, 2.45) is 23.2 Å². The molecule has 3 atom stereocenters. The van der Waals surface area contributed by atoms with Crippen molar-refractivity contribution >= 4 is 33.5 Å². The smallest absolute Gasteiger partial charge is 0.307 e. The molecule has 4 N–H and O–H groups in total. The van der Waals surface area contributed by atoms with Crippen LogP contribution in [0.2, 0.25) is 0 Å². The van der Waals surface area contributed by atoms with Crippen molar-refractivity contribution in [2.45, 2.75) is 76.8 Å². The first-order valence-corrected chi connectivity index (χ1v) is 13.2. The van der Waals surface area contributed by atoms with E-state index in [2.05, 4.69) is 19.9 Å². The van der Waals surface area contributed by atoms with Crippen LogP contribution in [0, 0.1) is 23.2 Å². The number of imidazole rings is 2. The van der Waals surface area contributed by atoms with E-state index in [9.17, 15) is 19.8 Å². The van der Waals surface area contributed by atoms with Gasteiger partial charge >= 0.3 is 11.9 Å². The second-order valence-electron chi connectivity index (χ2n) is 8.53. The summed E-state index contributed by atoms with van der Waals surface area (Å²) < 4.78 is 0. The normalized spacial score (nSPS) is 14.8. The number of aromatic nitrogens is 4. The van der Waals surface area contributed by atoms with Crippen molar-refractivity contribution in [1.82, 2.24) is 19.9 Å². The van der Waals surface area contributed by atoms with Crippen molar-refractivity contribution in [3.05, 3.63) is 24.0 Å². The SMILES string of the molecule is CCC(C)[C@@H](Cc1[nH]cnc1SSc1nc[nH]c1C[C@@H](C(=O)O)C(C)(CC)CC)C(=O)O. The molecule has 8 nitrogen and oxygen atoms in total. The second-order valence-corrected chi connectivity index (χ2v) is 10.6. The van der Waals surface area contributed by atoms with Gasteiger partial charge in [0.15, 0.2) is 0 Å². The maximum atomic E-state index is 12.0. The van der Waals surface area contributed by atoms with Crippen molar-refractivity contribution in [3.63, 3.8) is 0 Å². The number of hydrogen-bond acceptors (Lipinski definition) is 6. The number of aliphatic carboxylic acids is 2. The van der Waals surface area contributed by atoms with Crippen LogP contribution in [-0.4, -0.2) is 42.1 Å².